The SMILES string of the molecule is CCc1nc(CSc2nc3ccc(Cl)cc3[nH]2)no1. The molecule has 0 saturated carbocycles. The molecular weight excluding hydrogens is 284 g/mol. The molecule has 98 valence electrons. The number of nitrogens with zero attached hydrogens (tertiary/aromatic N) is 3. The zero-order valence-electron chi connectivity index (χ0n) is 10.2. The molecule has 0 bridgehead atoms. The molecule has 0 radical (unpaired) electrons. The Kier molecular flexibility index (Phi) is 3.44. The summed E-state index contributed by atoms with van der Waals surface area (Å²) in [5, 5.41) is 5.41. The van der Waals surface area contributed by atoms with Crippen molar-refractivity contribution in [2.75, 3.05) is 0 Å². The monoisotopic (exact) mass is 294 g/mol. The molecule has 2 heterocycles. The summed E-state index contributed by atoms with van der Waals surface area (Å²) in [6.45, 7) is 1.98. The number of benzene rings is 1. The van der Waals surface area contributed by atoms with Crippen molar-refractivity contribution >= 4 is 34.4 Å². The highest BCUT2D eigenvalue weighted by Crippen LogP contribution is 2.24. The summed E-state index contributed by atoms with van der Waals surface area (Å²) in [6, 6.07) is 5.57. The minimum atomic E-state index is 0.622. The van der Waals surface area contributed by atoms with E-state index in [1.807, 2.05) is 25.1 Å². The van der Waals surface area contributed by atoms with Crippen LogP contribution in [-0.4, -0.2) is 20.1 Å². The molecule has 19 heavy (non-hydrogen) atoms. The van der Waals surface area contributed by atoms with Crippen LogP contribution in [0.5, 0.6) is 0 Å². The molecule has 0 aliphatic rings. The normalized spacial score (nSPS) is 11.3. The van der Waals surface area contributed by atoms with Crippen LogP contribution in [0.1, 0.15) is 18.6 Å². The molecule has 2 aromatic heterocycles. The molecule has 3 aromatic rings. The molecule has 1 aromatic carbocycles. The van der Waals surface area contributed by atoms with E-state index in [-0.39, 0.29) is 0 Å². The van der Waals surface area contributed by atoms with E-state index in [4.69, 9.17) is 16.1 Å². The van der Waals surface area contributed by atoms with Gasteiger partial charge < -0.3 is 9.51 Å². The molecule has 0 amide bonds. The number of aryl methyl sites for hydroxylation is 1. The minimum Gasteiger partial charge on any atom is -0.339 e. The van der Waals surface area contributed by atoms with E-state index in [9.17, 15) is 0 Å². The lowest BCUT2D eigenvalue weighted by Gasteiger charge is -1.90. The minimum absolute atomic E-state index is 0.622. The van der Waals surface area contributed by atoms with Gasteiger partial charge in [-0.3, -0.25) is 0 Å². The van der Waals surface area contributed by atoms with Crippen LogP contribution in [0.25, 0.3) is 11.0 Å². The van der Waals surface area contributed by atoms with Gasteiger partial charge >= 0.3 is 0 Å². The van der Waals surface area contributed by atoms with Gasteiger partial charge in [0.15, 0.2) is 11.0 Å². The lowest BCUT2D eigenvalue weighted by Crippen LogP contribution is -1.85. The topological polar surface area (TPSA) is 67.6 Å². The number of halogens is 1. The van der Waals surface area contributed by atoms with Gasteiger partial charge in [-0.1, -0.05) is 35.4 Å². The van der Waals surface area contributed by atoms with Gasteiger partial charge in [0.25, 0.3) is 0 Å². The van der Waals surface area contributed by atoms with Crippen molar-refractivity contribution in [1.29, 1.82) is 0 Å². The van der Waals surface area contributed by atoms with Crippen molar-refractivity contribution in [2.45, 2.75) is 24.3 Å². The Morgan fingerprint density at radius 2 is 2.26 bits per heavy atom. The molecular formula is C12H11ClN4OS. The molecule has 0 spiro atoms. The van der Waals surface area contributed by atoms with Gasteiger partial charge in [-0.15, -0.1) is 0 Å². The fourth-order valence-corrected chi connectivity index (χ4v) is 2.55. The van der Waals surface area contributed by atoms with Crippen molar-refractivity contribution in [2.24, 2.45) is 0 Å². The van der Waals surface area contributed by atoms with Crippen molar-refractivity contribution < 1.29 is 4.52 Å². The average Bonchev–Trinajstić information content (AvgIpc) is 3.01. The number of fused-ring (bicyclic) bond motifs is 1. The second-order valence-electron chi connectivity index (χ2n) is 3.95. The number of thioether (sulfide) groups is 1. The Balaban J connectivity index is 1.74. The molecule has 0 unspecified atom stereocenters. The number of H-pyrrole nitrogens is 1. The Bertz CT molecular complexity index is 709. The van der Waals surface area contributed by atoms with Gasteiger partial charge in [-0.05, 0) is 18.2 Å². The standard InChI is InChI=1S/C12H11ClN4OS/c1-2-11-16-10(17-18-11)6-19-12-14-8-4-3-7(13)5-9(8)15-12/h3-5H,2,6H2,1H3,(H,14,15). The van der Waals surface area contributed by atoms with E-state index in [0.29, 0.717) is 22.5 Å². The number of aromatic amines is 1. The summed E-state index contributed by atoms with van der Waals surface area (Å²) in [7, 11) is 0. The Labute approximate surface area is 118 Å². The molecule has 0 aliphatic heterocycles. The Hall–Kier alpha value is -1.53. The lowest BCUT2D eigenvalue weighted by atomic mass is 10.3. The van der Waals surface area contributed by atoms with Crippen LogP contribution >= 0.6 is 23.4 Å². The van der Waals surface area contributed by atoms with Gasteiger partial charge in [-0.2, -0.15) is 4.98 Å². The molecule has 0 aliphatic carbocycles. The summed E-state index contributed by atoms with van der Waals surface area (Å²) in [5.41, 5.74) is 1.83. The van der Waals surface area contributed by atoms with E-state index < -0.39 is 0 Å². The number of rotatable bonds is 4. The Morgan fingerprint density at radius 3 is 3.05 bits per heavy atom. The zero-order valence-corrected chi connectivity index (χ0v) is 11.8. The van der Waals surface area contributed by atoms with E-state index in [0.717, 1.165) is 22.6 Å². The molecule has 7 heteroatoms. The first-order chi connectivity index (χ1) is 9.24. The highest BCUT2D eigenvalue weighted by molar-refractivity contribution is 7.98. The third kappa shape index (κ3) is 2.74. The van der Waals surface area contributed by atoms with E-state index in [1.165, 1.54) is 11.8 Å². The first-order valence-electron chi connectivity index (χ1n) is 5.84. The molecule has 0 atom stereocenters. The van der Waals surface area contributed by atoms with E-state index >= 15 is 0 Å². The number of nitrogens with one attached hydrogen (secondary N) is 1. The van der Waals surface area contributed by atoms with Crippen LogP contribution in [0.4, 0.5) is 0 Å². The third-order valence-corrected chi connectivity index (χ3v) is 3.68. The molecule has 0 saturated heterocycles. The molecule has 1 N–H and O–H groups in total. The Morgan fingerprint density at radius 1 is 1.37 bits per heavy atom. The van der Waals surface area contributed by atoms with Gasteiger partial charge in [0.05, 0.1) is 16.8 Å². The fraction of sp³-hybridized carbons (Fsp3) is 0.250. The second-order valence-corrected chi connectivity index (χ2v) is 5.35. The van der Waals surface area contributed by atoms with Crippen molar-refractivity contribution in [1.82, 2.24) is 20.1 Å². The molecule has 5 nitrogen and oxygen atoms in total. The van der Waals surface area contributed by atoms with E-state index in [2.05, 4.69) is 20.1 Å². The predicted octanol–water partition coefficient (Wildman–Crippen LogP) is 3.45. The maximum Gasteiger partial charge on any atom is 0.226 e. The second kappa shape index (κ2) is 5.22. The van der Waals surface area contributed by atoms with Crippen molar-refractivity contribution in [3.05, 3.63) is 34.9 Å². The van der Waals surface area contributed by atoms with Crippen LogP contribution in [0.3, 0.4) is 0 Å². The van der Waals surface area contributed by atoms with Crippen molar-refractivity contribution in [3.63, 3.8) is 0 Å². The van der Waals surface area contributed by atoms with Crippen LogP contribution < -0.4 is 0 Å². The zero-order chi connectivity index (χ0) is 13.2. The first kappa shape index (κ1) is 12.5. The number of hydrogen-bond donors (Lipinski definition) is 1. The summed E-state index contributed by atoms with van der Waals surface area (Å²) in [6.07, 6.45) is 0.751. The average molecular weight is 295 g/mol. The largest absolute Gasteiger partial charge is 0.339 e. The van der Waals surface area contributed by atoms with Crippen LogP contribution in [0.2, 0.25) is 5.02 Å². The highest BCUT2D eigenvalue weighted by atomic mass is 35.5. The van der Waals surface area contributed by atoms with Gasteiger partial charge in [-0.25, -0.2) is 4.98 Å². The number of aromatic nitrogens is 4. The van der Waals surface area contributed by atoms with Gasteiger partial charge in [0, 0.05) is 11.4 Å². The summed E-state index contributed by atoms with van der Waals surface area (Å²) < 4.78 is 5.05. The summed E-state index contributed by atoms with van der Waals surface area (Å²) in [4.78, 5) is 11.9. The van der Waals surface area contributed by atoms with Gasteiger partial charge in [0.1, 0.15) is 0 Å². The van der Waals surface area contributed by atoms with Crippen LogP contribution in [-0.2, 0) is 12.2 Å². The van der Waals surface area contributed by atoms with Crippen LogP contribution in [0.15, 0.2) is 27.9 Å². The van der Waals surface area contributed by atoms with E-state index in [1.54, 1.807) is 0 Å². The summed E-state index contributed by atoms with van der Waals surface area (Å²) in [5.74, 6) is 1.96. The predicted molar refractivity (Wildman–Crippen MR) is 74.3 cm³/mol. The highest BCUT2D eigenvalue weighted by Gasteiger charge is 2.08. The van der Waals surface area contributed by atoms with Gasteiger partial charge in [0.2, 0.25) is 5.89 Å². The number of hydrogen-bond acceptors (Lipinski definition) is 5. The first-order valence-corrected chi connectivity index (χ1v) is 7.20. The fourth-order valence-electron chi connectivity index (χ4n) is 1.65. The lowest BCUT2D eigenvalue weighted by molar-refractivity contribution is 0.378. The maximum atomic E-state index is 5.93. The summed E-state index contributed by atoms with van der Waals surface area (Å²) >= 11 is 7.47. The van der Waals surface area contributed by atoms with Crippen molar-refractivity contribution in [3.8, 4) is 0 Å². The molecule has 3 rings (SSSR count). The number of imidazole rings is 1. The quantitative estimate of drug-likeness (QED) is 0.746. The molecule has 0 fully saturated rings. The smallest absolute Gasteiger partial charge is 0.226 e. The maximum absolute atomic E-state index is 5.93. The third-order valence-electron chi connectivity index (χ3n) is 2.57. The van der Waals surface area contributed by atoms with Crippen LogP contribution in [0, 0.1) is 0 Å².